The van der Waals surface area contributed by atoms with Gasteiger partial charge in [0.05, 0.1) is 6.07 Å². The zero-order valence-corrected chi connectivity index (χ0v) is 8.88. The molecule has 0 spiro atoms. The number of carbonyl (C=O) groups is 1. The lowest BCUT2D eigenvalue weighted by atomic mass is 9.95. The molecule has 1 aromatic carbocycles. The standard InChI is InChI=1S/C11H9ClFNO/c1-2-11(15)9(6-14)8-4-3-7(13)5-10(8)12/h3-5,9H,2H2,1H3. The SMILES string of the molecule is CCC(=O)C(C#N)c1ccc(F)cc1Cl. The Hall–Kier alpha value is -1.40. The number of nitriles is 1. The lowest BCUT2D eigenvalue weighted by molar-refractivity contribution is -0.119. The van der Waals surface area contributed by atoms with Crippen molar-refractivity contribution in [3.8, 4) is 6.07 Å². The van der Waals surface area contributed by atoms with Crippen molar-refractivity contribution in [1.82, 2.24) is 0 Å². The molecule has 0 aliphatic rings. The van der Waals surface area contributed by atoms with Crippen LogP contribution in [0.4, 0.5) is 4.39 Å². The monoisotopic (exact) mass is 225 g/mol. The Morgan fingerprint density at radius 3 is 2.80 bits per heavy atom. The van der Waals surface area contributed by atoms with Crippen molar-refractivity contribution in [1.29, 1.82) is 5.26 Å². The number of rotatable bonds is 3. The maximum atomic E-state index is 12.7. The van der Waals surface area contributed by atoms with Gasteiger partial charge < -0.3 is 0 Å². The first kappa shape index (κ1) is 11.7. The van der Waals surface area contributed by atoms with Crippen molar-refractivity contribution in [2.45, 2.75) is 19.3 Å². The molecule has 0 bridgehead atoms. The van der Waals surface area contributed by atoms with Crippen LogP contribution in [0, 0.1) is 17.1 Å². The molecule has 0 saturated heterocycles. The summed E-state index contributed by atoms with van der Waals surface area (Å²) < 4.78 is 12.7. The van der Waals surface area contributed by atoms with E-state index in [1.807, 2.05) is 6.07 Å². The molecule has 0 aliphatic heterocycles. The predicted octanol–water partition coefficient (Wildman–Crippen LogP) is 3.07. The van der Waals surface area contributed by atoms with Crippen LogP contribution in [0.25, 0.3) is 0 Å². The van der Waals surface area contributed by atoms with Crippen LogP contribution in [0.3, 0.4) is 0 Å². The summed E-state index contributed by atoms with van der Waals surface area (Å²) in [7, 11) is 0. The molecule has 0 heterocycles. The average molecular weight is 226 g/mol. The van der Waals surface area contributed by atoms with E-state index in [4.69, 9.17) is 16.9 Å². The fraction of sp³-hybridized carbons (Fsp3) is 0.273. The number of carbonyl (C=O) groups excluding carboxylic acids is 1. The molecule has 4 heteroatoms. The quantitative estimate of drug-likeness (QED) is 0.793. The Morgan fingerprint density at radius 2 is 2.33 bits per heavy atom. The first-order valence-corrected chi connectivity index (χ1v) is 4.85. The van der Waals surface area contributed by atoms with Crippen molar-refractivity contribution in [2.24, 2.45) is 0 Å². The maximum absolute atomic E-state index is 12.7. The van der Waals surface area contributed by atoms with E-state index in [0.717, 1.165) is 6.07 Å². The fourth-order valence-corrected chi connectivity index (χ4v) is 1.53. The molecule has 0 saturated carbocycles. The summed E-state index contributed by atoms with van der Waals surface area (Å²) in [6.45, 7) is 1.67. The number of Topliss-reactive ketones (excluding diaryl/α,β-unsaturated/α-hetero) is 1. The van der Waals surface area contributed by atoms with Crippen LogP contribution in [0.2, 0.25) is 5.02 Å². The molecule has 0 N–H and O–H groups in total. The van der Waals surface area contributed by atoms with Crippen molar-refractivity contribution in [3.63, 3.8) is 0 Å². The van der Waals surface area contributed by atoms with Gasteiger partial charge in [0, 0.05) is 11.4 Å². The highest BCUT2D eigenvalue weighted by Gasteiger charge is 2.20. The zero-order chi connectivity index (χ0) is 11.4. The zero-order valence-electron chi connectivity index (χ0n) is 8.13. The molecule has 0 fully saturated rings. The first-order valence-electron chi connectivity index (χ1n) is 4.47. The Morgan fingerprint density at radius 1 is 1.67 bits per heavy atom. The molecule has 78 valence electrons. The molecular formula is C11H9ClFNO. The van der Waals surface area contributed by atoms with Gasteiger partial charge in [0.15, 0.2) is 5.78 Å². The summed E-state index contributed by atoms with van der Waals surface area (Å²) in [5.74, 6) is -1.60. The number of halogens is 2. The van der Waals surface area contributed by atoms with Gasteiger partial charge in [0.2, 0.25) is 0 Å². The maximum Gasteiger partial charge on any atom is 0.154 e. The Bertz CT molecular complexity index is 425. The van der Waals surface area contributed by atoms with Gasteiger partial charge in [-0.05, 0) is 17.7 Å². The topological polar surface area (TPSA) is 40.9 Å². The van der Waals surface area contributed by atoms with E-state index in [2.05, 4.69) is 0 Å². The van der Waals surface area contributed by atoms with Gasteiger partial charge in [-0.2, -0.15) is 5.26 Å². The van der Waals surface area contributed by atoms with Crippen molar-refractivity contribution in [3.05, 3.63) is 34.6 Å². The highest BCUT2D eigenvalue weighted by atomic mass is 35.5. The highest BCUT2D eigenvalue weighted by molar-refractivity contribution is 6.31. The lowest BCUT2D eigenvalue weighted by Gasteiger charge is -2.08. The van der Waals surface area contributed by atoms with E-state index in [9.17, 15) is 9.18 Å². The van der Waals surface area contributed by atoms with Crippen LogP contribution in [0.1, 0.15) is 24.8 Å². The third kappa shape index (κ3) is 2.54. The molecule has 15 heavy (non-hydrogen) atoms. The predicted molar refractivity (Wildman–Crippen MR) is 55.1 cm³/mol. The van der Waals surface area contributed by atoms with Crippen molar-refractivity contribution in [2.75, 3.05) is 0 Å². The fourth-order valence-electron chi connectivity index (χ4n) is 1.25. The molecule has 0 amide bonds. The van der Waals surface area contributed by atoms with E-state index >= 15 is 0 Å². The molecule has 2 nitrogen and oxygen atoms in total. The second-order valence-corrected chi connectivity index (χ2v) is 3.46. The smallest absolute Gasteiger partial charge is 0.154 e. The van der Waals surface area contributed by atoms with Gasteiger partial charge in [-0.3, -0.25) is 4.79 Å². The van der Waals surface area contributed by atoms with E-state index in [1.54, 1.807) is 6.92 Å². The van der Waals surface area contributed by atoms with Crippen molar-refractivity contribution >= 4 is 17.4 Å². The Labute approximate surface area is 92.3 Å². The molecule has 0 aliphatic carbocycles. The molecule has 1 rings (SSSR count). The lowest BCUT2D eigenvalue weighted by Crippen LogP contribution is -2.09. The second-order valence-electron chi connectivity index (χ2n) is 3.05. The normalized spacial score (nSPS) is 11.9. The minimum Gasteiger partial charge on any atom is -0.298 e. The second kappa shape index (κ2) is 4.90. The number of nitrogens with zero attached hydrogens (tertiary/aromatic N) is 1. The van der Waals surface area contributed by atoms with E-state index in [0.29, 0.717) is 5.56 Å². The van der Waals surface area contributed by atoms with Crippen LogP contribution in [0.5, 0.6) is 0 Å². The molecule has 0 aromatic heterocycles. The van der Waals surface area contributed by atoms with Crippen LogP contribution in [0.15, 0.2) is 18.2 Å². The highest BCUT2D eigenvalue weighted by Crippen LogP contribution is 2.26. The average Bonchev–Trinajstić information content (AvgIpc) is 2.21. The van der Waals surface area contributed by atoms with Gasteiger partial charge in [0.1, 0.15) is 11.7 Å². The molecule has 1 unspecified atom stereocenters. The van der Waals surface area contributed by atoms with Crippen LogP contribution < -0.4 is 0 Å². The minimum atomic E-state index is -0.900. The van der Waals surface area contributed by atoms with Crippen LogP contribution >= 0.6 is 11.6 Å². The molecular weight excluding hydrogens is 217 g/mol. The Balaban J connectivity index is 3.14. The molecule has 0 radical (unpaired) electrons. The molecule has 1 atom stereocenters. The van der Waals surface area contributed by atoms with Gasteiger partial charge in [-0.1, -0.05) is 24.6 Å². The summed E-state index contributed by atoms with van der Waals surface area (Å²) in [5, 5.41) is 8.97. The van der Waals surface area contributed by atoms with E-state index in [1.165, 1.54) is 12.1 Å². The Kier molecular flexibility index (Phi) is 3.81. The first-order chi connectivity index (χ1) is 7.10. The number of hydrogen-bond donors (Lipinski definition) is 0. The van der Waals surface area contributed by atoms with Gasteiger partial charge >= 0.3 is 0 Å². The number of ketones is 1. The summed E-state index contributed by atoms with van der Waals surface area (Å²) in [6.07, 6.45) is 0.256. The van der Waals surface area contributed by atoms with E-state index in [-0.39, 0.29) is 17.2 Å². The van der Waals surface area contributed by atoms with Gasteiger partial charge in [-0.15, -0.1) is 0 Å². The number of hydrogen-bond acceptors (Lipinski definition) is 2. The minimum absolute atomic E-state index is 0.114. The third-order valence-corrected chi connectivity index (χ3v) is 2.40. The van der Waals surface area contributed by atoms with Gasteiger partial charge in [-0.25, -0.2) is 4.39 Å². The number of benzene rings is 1. The largest absolute Gasteiger partial charge is 0.298 e. The summed E-state index contributed by atoms with van der Waals surface area (Å²) >= 11 is 5.76. The summed E-state index contributed by atoms with van der Waals surface area (Å²) in [4.78, 5) is 11.4. The third-order valence-electron chi connectivity index (χ3n) is 2.07. The van der Waals surface area contributed by atoms with Crippen LogP contribution in [-0.2, 0) is 4.79 Å². The van der Waals surface area contributed by atoms with E-state index < -0.39 is 11.7 Å². The molecule has 1 aromatic rings. The van der Waals surface area contributed by atoms with Gasteiger partial charge in [0.25, 0.3) is 0 Å². The summed E-state index contributed by atoms with van der Waals surface area (Å²) in [5.41, 5.74) is 0.368. The van der Waals surface area contributed by atoms with Crippen molar-refractivity contribution < 1.29 is 9.18 Å². The summed E-state index contributed by atoms with van der Waals surface area (Å²) in [6, 6.07) is 5.54. The van der Waals surface area contributed by atoms with Crippen LogP contribution in [-0.4, -0.2) is 5.78 Å².